The number of hydrogen-bond acceptors (Lipinski definition) is 6. The third-order valence-electron chi connectivity index (χ3n) is 8.19. The van der Waals surface area contributed by atoms with Gasteiger partial charge >= 0.3 is 6.18 Å². The minimum atomic E-state index is -4.39. The van der Waals surface area contributed by atoms with Crippen molar-refractivity contribution in [3.63, 3.8) is 0 Å². The number of anilines is 2. The zero-order chi connectivity index (χ0) is 32.1. The monoisotopic (exact) mass is 612 g/mol. The Kier molecular flexibility index (Phi) is 10.4. The van der Waals surface area contributed by atoms with Gasteiger partial charge in [-0.15, -0.1) is 0 Å². The van der Waals surface area contributed by atoms with Gasteiger partial charge in [-0.2, -0.15) is 13.2 Å². The molecule has 2 aliphatic rings. The van der Waals surface area contributed by atoms with E-state index in [2.05, 4.69) is 20.5 Å². The van der Waals surface area contributed by atoms with E-state index in [-0.39, 0.29) is 30.0 Å². The van der Waals surface area contributed by atoms with Gasteiger partial charge in [0.1, 0.15) is 5.82 Å². The molecule has 1 aromatic carbocycles. The summed E-state index contributed by atoms with van der Waals surface area (Å²) < 4.78 is 42.0. The van der Waals surface area contributed by atoms with E-state index in [1.807, 2.05) is 36.9 Å². The molecule has 0 aliphatic carbocycles. The van der Waals surface area contributed by atoms with Crippen molar-refractivity contribution in [3.05, 3.63) is 65.9 Å². The number of hydrogen-bond donors (Lipinski definition) is 2. The highest BCUT2D eigenvalue weighted by Crippen LogP contribution is 2.44. The molecule has 2 N–H and O–H groups in total. The molecule has 2 amide bonds. The van der Waals surface area contributed by atoms with Crippen LogP contribution in [-0.4, -0.2) is 91.2 Å². The van der Waals surface area contributed by atoms with Gasteiger partial charge in [0.15, 0.2) is 0 Å². The van der Waals surface area contributed by atoms with Crippen LogP contribution in [0.25, 0.3) is 11.1 Å². The van der Waals surface area contributed by atoms with Crippen molar-refractivity contribution in [2.45, 2.75) is 46.8 Å². The van der Waals surface area contributed by atoms with Gasteiger partial charge in [-0.1, -0.05) is 30.4 Å². The highest BCUT2D eigenvalue weighted by atomic mass is 19.4. The number of fused-ring (bicyclic) bond motifs is 1. The van der Waals surface area contributed by atoms with Crippen LogP contribution in [0.3, 0.4) is 0 Å². The predicted molar refractivity (Wildman–Crippen MR) is 169 cm³/mol. The second-order valence-electron chi connectivity index (χ2n) is 12.1. The van der Waals surface area contributed by atoms with Gasteiger partial charge < -0.3 is 20.4 Å². The molecule has 0 spiro atoms. The van der Waals surface area contributed by atoms with E-state index in [4.69, 9.17) is 0 Å². The van der Waals surface area contributed by atoms with Crippen LogP contribution in [0.5, 0.6) is 0 Å². The van der Waals surface area contributed by atoms with E-state index < -0.39 is 11.6 Å². The zero-order valence-corrected chi connectivity index (χ0v) is 26.2. The Hall–Kier alpha value is -3.86. The average Bonchev–Trinajstić information content (AvgIpc) is 2.98. The number of piperazine rings is 1. The van der Waals surface area contributed by atoms with Gasteiger partial charge in [0, 0.05) is 69.2 Å². The summed E-state index contributed by atoms with van der Waals surface area (Å²) in [5, 5.41) is 6.15. The van der Waals surface area contributed by atoms with Gasteiger partial charge in [0.05, 0.1) is 17.6 Å². The number of nitrogens with one attached hydrogen (secondary N) is 2. The van der Waals surface area contributed by atoms with Crippen molar-refractivity contribution in [1.29, 1.82) is 0 Å². The number of rotatable bonds is 9. The van der Waals surface area contributed by atoms with Crippen LogP contribution in [0.15, 0.2) is 60.3 Å². The van der Waals surface area contributed by atoms with Crippen molar-refractivity contribution in [1.82, 2.24) is 20.1 Å². The molecule has 4 rings (SSSR count). The lowest BCUT2D eigenvalue weighted by molar-refractivity contribution is -0.197. The van der Waals surface area contributed by atoms with Crippen LogP contribution in [0.1, 0.15) is 45.0 Å². The lowest BCUT2D eigenvalue weighted by atomic mass is 9.82. The number of benzene rings is 1. The lowest BCUT2D eigenvalue weighted by Crippen LogP contribution is -2.51. The third-order valence-corrected chi connectivity index (χ3v) is 8.19. The number of allylic oxidation sites excluding steroid dienone is 3. The Morgan fingerprint density at radius 2 is 1.70 bits per heavy atom. The SMILES string of the molecule is C/C=C\C=C(\CN1CCNc2ncc(-c3ccc(C(=O)N4CCN(CC(=O)NC(C)C)CC4)cc3)cc21)C(C)(C)C(F)(F)F. The number of carbonyl (C=O) groups is 2. The number of pyridine rings is 1. The van der Waals surface area contributed by atoms with E-state index in [1.165, 1.54) is 13.8 Å². The third kappa shape index (κ3) is 7.80. The van der Waals surface area contributed by atoms with E-state index in [1.54, 1.807) is 48.4 Å². The number of alkyl halides is 3. The van der Waals surface area contributed by atoms with Gasteiger partial charge in [-0.25, -0.2) is 4.98 Å². The zero-order valence-electron chi connectivity index (χ0n) is 26.2. The summed E-state index contributed by atoms with van der Waals surface area (Å²) in [7, 11) is 0. The van der Waals surface area contributed by atoms with Crippen LogP contribution >= 0.6 is 0 Å². The maximum atomic E-state index is 14.0. The Balaban J connectivity index is 1.46. The first kappa shape index (κ1) is 33.0. The first-order valence-corrected chi connectivity index (χ1v) is 15.1. The number of amides is 2. The predicted octanol–water partition coefficient (Wildman–Crippen LogP) is 5.35. The maximum Gasteiger partial charge on any atom is 0.397 e. The molecular weight excluding hydrogens is 569 g/mol. The van der Waals surface area contributed by atoms with Crippen molar-refractivity contribution in [3.8, 4) is 11.1 Å². The molecule has 2 aliphatic heterocycles. The van der Waals surface area contributed by atoms with Gasteiger partial charge in [-0.05, 0) is 64.0 Å². The van der Waals surface area contributed by atoms with Crippen LogP contribution < -0.4 is 15.5 Å². The summed E-state index contributed by atoms with van der Waals surface area (Å²) in [6.45, 7) is 12.0. The maximum absolute atomic E-state index is 14.0. The smallest absolute Gasteiger partial charge is 0.367 e. The van der Waals surface area contributed by atoms with Crippen molar-refractivity contribution < 1.29 is 22.8 Å². The first-order valence-electron chi connectivity index (χ1n) is 15.1. The molecule has 1 fully saturated rings. The molecular formula is C33H43F3N6O2. The first-order chi connectivity index (χ1) is 20.8. The molecule has 0 bridgehead atoms. The fourth-order valence-electron chi connectivity index (χ4n) is 5.31. The van der Waals surface area contributed by atoms with E-state index in [9.17, 15) is 22.8 Å². The highest BCUT2D eigenvalue weighted by molar-refractivity contribution is 5.95. The Morgan fingerprint density at radius 1 is 1.02 bits per heavy atom. The molecule has 2 aromatic rings. The van der Waals surface area contributed by atoms with Crippen molar-refractivity contribution in [2.75, 3.05) is 62.6 Å². The Morgan fingerprint density at radius 3 is 2.32 bits per heavy atom. The molecule has 11 heteroatoms. The van der Waals surface area contributed by atoms with Crippen LogP contribution in [0, 0.1) is 5.41 Å². The minimum absolute atomic E-state index is 0.0124. The van der Waals surface area contributed by atoms with Crippen LogP contribution in [0.2, 0.25) is 0 Å². The molecule has 8 nitrogen and oxygen atoms in total. The van der Waals surface area contributed by atoms with E-state index in [0.29, 0.717) is 57.2 Å². The summed E-state index contributed by atoms with van der Waals surface area (Å²) in [4.78, 5) is 35.6. The molecule has 3 heterocycles. The second-order valence-corrected chi connectivity index (χ2v) is 12.1. The van der Waals surface area contributed by atoms with Gasteiger partial charge in [0.2, 0.25) is 5.91 Å². The van der Waals surface area contributed by atoms with E-state index in [0.717, 1.165) is 16.8 Å². The van der Waals surface area contributed by atoms with Crippen LogP contribution in [-0.2, 0) is 4.79 Å². The summed E-state index contributed by atoms with van der Waals surface area (Å²) >= 11 is 0. The highest BCUT2D eigenvalue weighted by Gasteiger charge is 2.49. The lowest BCUT2D eigenvalue weighted by Gasteiger charge is -2.37. The van der Waals surface area contributed by atoms with Crippen LogP contribution in [0.4, 0.5) is 24.7 Å². The normalized spacial score (nSPS) is 16.7. The van der Waals surface area contributed by atoms with Gasteiger partial charge in [-0.3, -0.25) is 14.5 Å². The molecule has 1 aromatic heterocycles. The quantitative estimate of drug-likeness (QED) is 0.372. The van der Waals surface area contributed by atoms with Crippen molar-refractivity contribution >= 4 is 23.3 Å². The molecule has 1 saturated heterocycles. The molecule has 44 heavy (non-hydrogen) atoms. The summed E-state index contributed by atoms with van der Waals surface area (Å²) in [6.07, 6.45) is 2.27. The number of aromatic nitrogens is 1. The Labute approximate surface area is 258 Å². The second kappa shape index (κ2) is 13.8. The summed E-state index contributed by atoms with van der Waals surface area (Å²) in [5.41, 5.74) is 1.23. The number of carbonyl (C=O) groups excluding carboxylic acids is 2. The molecule has 0 radical (unpaired) electrons. The fraction of sp³-hybridized carbons (Fsp3) is 0.485. The standard InChI is InChI=1S/C33H43F3N6O2/c1-6-7-8-27(32(4,5)33(34,35)36)21-42-14-13-37-30-28(42)19-26(20-38-30)24-9-11-25(12-10-24)31(44)41-17-15-40(16-18-41)22-29(43)39-23(2)3/h6-12,19-20,23H,13-18,21-22H2,1-5H3,(H,37,38)(H,39,43)/b7-6-,27-8-. The average molecular weight is 613 g/mol. The number of nitrogens with zero attached hydrogens (tertiary/aromatic N) is 4. The molecule has 238 valence electrons. The molecule has 0 atom stereocenters. The topological polar surface area (TPSA) is 80.8 Å². The fourth-order valence-corrected chi connectivity index (χ4v) is 5.31. The van der Waals surface area contributed by atoms with Crippen molar-refractivity contribution in [2.24, 2.45) is 5.41 Å². The largest absolute Gasteiger partial charge is 0.397 e. The molecule has 0 unspecified atom stereocenters. The summed E-state index contributed by atoms with van der Waals surface area (Å²) in [6, 6.07) is 9.35. The van der Waals surface area contributed by atoms with E-state index >= 15 is 0 Å². The Bertz CT molecular complexity index is 1380. The summed E-state index contributed by atoms with van der Waals surface area (Å²) in [5.74, 6) is 0.555. The molecule has 0 saturated carbocycles. The number of halogens is 3. The van der Waals surface area contributed by atoms with Gasteiger partial charge in [0.25, 0.3) is 5.91 Å². The minimum Gasteiger partial charge on any atom is -0.367 e.